The average molecular weight is 651 g/mol. The number of fused-ring (bicyclic) bond motifs is 5. The van der Waals surface area contributed by atoms with E-state index in [1.54, 1.807) is 23.2 Å². The topological polar surface area (TPSA) is 113 Å². The molecule has 0 saturated carbocycles. The molecule has 2 aromatic heterocycles. The Morgan fingerprint density at radius 1 is 1.21 bits per heavy atom. The van der Waals surface area contributed by atoms with E-state index in [-0.39, 0.29) is 41.6 Å². The van der Waals surface area contributed by atoms with Gasteiger partial charge in [-0.05, 0) is 49.3 Å². The van der Waals surface area contributed by atoms with Crippen LogP contribution in [0.3, 0.4) is 0 Å². The quantitative estimate of drug-likeness (QED) is 0.158. The molecule has 0 radical (unpaired) electrons. The molecule has 11 nitrogen and oxygen atoms in total. The third-order valence-corrected chi connectivity index (χ3v) is 10.3. The molecule has 1 unspecified atom stereocenters. The van der Waals surface area contributed by atoms with Gasteiger partial charge in [0.15, 0.2) is 12.6 Å². The number of halogens is 1. The minimum atomic E-state index is -0.922. The molecular weight excluding hydrogens is 615 g/mol. The Balaban J connectivity index is 1.26. The maximum absolute atomic E-state index is 17.1. The van der Waals surface area contributed by atoms with Gasteiger partial charge in [-0.3, -0.25) is 14.8 Å². The fourth-order valence-corrected chi connectivity index (χ4v) is 8.06. The number of carbonyl (C=O) groups is 1. The number of anilines is 1. The van der Waals surface area contributed by atoms with E-state index in [0.717, 1.165) is 44.2 Å². The summed E-state index contributed by atoms with van der Waals surface area (Å²) in [7, 11) is 1.53. The summed E-state index contributed by atoms with van der Waals surface area (Å²) in [6, 6.07) is 8.75. The van der Waals surface area contributed by atoms with E-state index < -0.39 is 11.9 Å². The van der Waals surface area contributed by atoms with Crippen molar-refractivity contribution in [1.29, 1.82) is 0 Å². The monoisotopic (exact) mass is 650 g/mol. The van der Waals surface area contributed by atoms with Gasteiger partial charge in [0.2, 0.25) is 0 Å². The van der Waals surface area contributed by atoms with Crippen LogP contribution in [0.2, 0.25) is 0 Å². The highest BCUT2D eigenvalue weighted by Gasteiger charge is 2.50. The molecule has 6 heterocycles. The molecule has 4 aliphatic heterocycles. The summed E-state index contributed by atoms with van der Waals surface area (Å²) in [5.41, 5.74) is 2.16. The van der Waals surface area contributed by atoms with Crippen molar-refractivity contribution in [1.82, 2.24) is 24.8 Å². The van der Waals surface area contributed by atoms with E-state index in [2.05, 4.69) is 27.4 Å². The fraction of sp³-hybridized carbons (Fsp3) is 0.389. The van der Waals surface area contributed by atoms with Crippen LogP contribution in [0.5, 0.6) is 11.8 Å². The lowest BCUT2D eigenvalue weighted by Crippen LogP contribution is -2.59. The van der Waals surface area contributed by atoms with Crippen molar-refractivity contribution in [2.75, 3.05) is 51.6 Å². The second kappa shape index (κ2) is 11.6. The molecule has 8 rings (SSSR count). The van der Waals surface area contributed by atoms with Gasteiger partial charge in [0.05, 0.1) is 23.0 Å². The van der Waals surface area contributed by atoms with Gasteiger partial charge in [0.1, 0.15) is 29.4 Å². The second-order valence-electron chi connectivity index (χ2n) is 13.2. The Morgan fingerprint density at radius 2 is 2.02 bits per heavy atom. The zero-order chi connectivity index (χ0) is 33.2. The van der Waals surface area contributed by atoms with E-state index in [9.17, 15) is 9.90 Å². The number of hydrogen-bond acceptors (Lipinski definition) is 9. The molecule has 2 bridgehead atoms. The van der Waals surface area contributed by atoms with E-state index in [1.807, 2.05) is 23.1 Å². The van der Waals surface area contributed by atoms with Crippen molar-refractivity contribution in [2.24, 2.45) is 0 Å². The van der Waals surface area contributed by atoms with Crippen LogP contribution >= 0.6 is 0 Å². The normalized spacial score (nSPS) is 23.3. The summed E-state index contributed by atoms with van der Waals surface area (Å²) >= 11 is 0. The van der Waals surface area contributed by atoms with Gasteiger partial charge in [0, 0.05) is 56.0 Å². The van der Waals surface area contributed by atoms with Crippen LogP contribution < -0.4 is 14.4 Å². The summed E-state index contributed by atoms with van der Waals surface area (Å²) in [6.07, 6.45) is 9.88. The van der Waals surface area contributed by atoms with Crippen LogP contribution in [0.1, 0.15) is 31.2 Å². The Labute approximate surface area is 276 Å². The number of hydrogen-bond donors (Lipinski definition) is 1. The third-order valence-electron chi connectivity index (χ3n) is 10.3. The van der Waals surface area contributed by atoms with Crippen molar-refractivity contribution in [2.45, 2.75) is 43.3 Å². The molecule has 0 spiro atoms. The van der Waals surface area contributed by atoms with E-state index in [1.165, 1.54) is 12.7 Å². The van der Waals surface area contributed by atoms with Crippen LogP contribution in [-0.2, 0) is 4.74 Å². The summed E-state index contributed by atoms with van der Waals surface area (Å²) in [6.45, 7) is 7.21. The van der Waals surface area contributed by atoms with Gasteiger partial charge in [-0.15, -0.1) is 6.42 Å². The van der Waals surface area contributed by atoms with Crippen molar-refractivity contribution in [3.05, 3.63) is 60.1 Å². The number of benzene rings is 2. The lowest BCUT2D eigenvalue weighted by molar-refractivity contribution is -0.0132. The van der Waals surface area contributed by atoms with Gasteiger partial charge in [-0.1, -0.05) is 30.2 Å². The van der Waals surface area contributed by atoms with Gasteiger partial charge in [0.25, 0.3) is 0 Å². The molecular formula is C36H35FN6O5. The first-order valence-corrected chi connectivity index (χ1v) is 16.1. The lowest BCUT2D eigenvalue weighted by Gasteiger charge is -2.47. The zero-order valence-electron chi connectivity index (χ0n) is 26.6. The molecule has 0 aliphatic carbocycles. The Morgan fingerprint density at radius 3 is 2.71 bits per heavy atom. The summed E-state index contributed by atoms with van der Waals surface area (Å²) in [5, 5.41) is 11.7. The minimum absolute atomic E-state index is 0.00802. The van der Waals surface area contributed by atoms with Crippen molar-refractivity contribution in [3.63, 3.8) is 0 Å². The number of terminal acetylenes is 1. The number of pyridine rings is 1. The average Bonchev–Trinajstić information content (AvgIpc) is 3.48. The molecule has 4 aliphatic rings. The summed E-state index contributed by atoms with van der Waals surface area (Å²) < 4.78 is 34.3. The van der Waals surface area contributed by atoms with Gasteiger partial charge in [-0.2, -0.15) is 9.97 Å². The third kappa shape index (κ3) is 4.88. The van der Waals surface area contributed by atoms with Gasteiger partial charge in [-0.25, -0.2) is 9.18 Å². The van der Waals surface area contributed by atoms with Crippen molar-refractivity contribution >= 4 is 33.6 Å². The smallest absolute Gasteiger partial charge is 0.407 e. The molecule has 1 N–H and O–H groups in total. The SMILES string of the molecule is C#Cc1cccc2cc(OCOC)cc(-c3ncc4c(N5C[C@H]6CC[C@@H](C5)N6C(=O)O)nc(OCC56CCN5CC(=C)C6)nc4c3F)c12. The van der Waals surface area contributed by atoms with E-state index in [4.69, 9.17) is 25.6 Å². The van der Waals surface area contributed by atoms with Crippen molar-refractivity contribution in [3.8, 4) is 35.4 Å². The summed E-state index contributed by atoms with van der Waals surface area (Å²) in [4.78, 5) is 32.1. The number of ether oxygens (including phenoxy) is 3. The highest BCUT2D eigenvalue weighted by atomic mass is 19.1. The zero-order valence-corrected chi connectivity index (χ0v) is 26.6. The Hall–Kier alpha value is -4.99. The molecule has 12 heteroatoms. The lowest BCUT2D eigenvalue weighted by atomic mass is 9.85. The fourth-order valence-electron chi connectivity index (χ4n) is 8.06. The van der Waals surface area contributed by atoms with Crippen LogP contribution in [-0.4, -0.2) is 100 Å². The first kappa shape index (κ1) is 30.4. The molecule has 2 aromatic carbocycles. The number of piperazine rings is 1. The highest BCUT2D eigenvalue weighted by Crippen LogP contribution is 2.44. The van der Waals surface area contributed by atoms with Gasteiger partial charge >= 0.3 is 12.1 Å². The van der Waals surface area contributed by atoms with Crippen LogP contribution in [0, 0.1) is 18.2 Å². The number of methoxy groups -OCH3 is 1. The molecule has 4 saturated heterocycles. The number of nitrogens with zero attached hydrogens (tertiary/aromatic N) is 6. The number of aromatic nitrogens is 3. The van der Waals surface area contributed by atoms with Crippen molar-refractivity contribution < 1.29 is 28.5 Å². The molecule has 3 atom stereocenters. The second-order valence-corrected chi connectivity index (χ2v) is 13.2. The maximum atomic E-state index is 17.1. The highest BCUT2D eigenvalue weighted by molar-refractivity contribution is 6.03. The summed E-state index contributed by atoms with van der Waals surface area (Å²) in [5.74, 6) is 3.01. The number of carboxylic acid groups (broad SMARTS) is 1. The van der Waals surface area contributed by atoms with Gasteiger partial charge < -0.3 is 24.2 Å². The first-order valence-electron chi connectivity index (χ1n) is 16.1. The van der Waals surface area contributed by atoms with E-state index in [0.29, 0.717) is 53.2 Å². The molecule has 48 heavy (non-hydrogen) atoms. The minimum Gasteiger partial charge on any atom is -0.468 e. The molecule has 4 fully saturated rings. The molecule has 4 aromatic rings. The van der Waals surface area contributed by atoms with E-state index >= 15 is 4.39 Å². The van der Waals surface area contributed by atoms with Crippen LogP contribution in [0.25, 0.3) is 32.9 Å². The van der Waals surface area contributed by atoms with Crippen LogP contribution in [0.15, 0.2) is 48.7 Å². The Bertz CT molecular complexity index is 2020. The first-order chi connectivity index (χ1) is 23.3. The molecule has 246 valence electrons. The predicted octanol–water partition coefficient (Wildman–Crippen LogP) is 5.06. The maximum Gasteiger partial charge on any atom is 0.407 e. The largest absolute Gasteiger partial charge is 0.468 e. The standard InChI is InChI=1S/C36H35FN6O5/c1-4-22-6-5-7-23-12-26(48-20-46-3)13-27(29(22)23)31-30(37)32-28(15-38-31)33(41-17-24-8-9-25(18-41)43(24)35(44)45)40-34(39-32)47-19-36-10-11-42(36)16-21(2)14-36/h1,5-7,12-13,15,24-25H,2,8-11,14,16-20H2,3H3,(H,44,45)/t24-,25+,36?. The molecule has 1 amide bonds. The number of rotatable bonds is 8. The predicted molar refractivity (Wildman–Crippen MR) is 178 cm³/mol. The van der Waals surface area contributed by atoms with Crippen LogP contribution in [0.4, 0.5) is 15.0 Å². The number of amides is 1. The Kier molecular flexibility index (Phi) is 7.34.